The Kier molecular flexibility index (Phi) is 5.23. The van der Waals surface area contributed by atoms with Crippen LogP contribution in [0.15, 0.2) is 18.2 Å². The Hall–Kier alpha value is -0.600. The highest BCUT2D eigenvalue weighted by Gasteiger charge is 2.10. The molecule has 3 heteroatoms. The largest absolute Gasteiger partial charge is 0.324 e. The third kappa shape index (κ3) is 4.11. The lowest BCUT2D eigenvalue weighted by Gasteiger charge is -2.14. The summed E-state index contributed by atoms with van der Waals surface area (Å²) in [5, 5.41) is 0.428. The first-order valence-electron chi connectivity index (χ1n) is 5.71. The van der Waals surface area contributed by atoms with Gasteiger partial charge in [0.2, 0.25) is 0 Å². The van der Waals surface area contributed by atoms with Gasteiger partial charge in [-0.3, -0.25) is 0 Å². The molecule has 0 aromatic heterocycles. The molecule has 0 aliphatic carbocycles. The van der Waals surface area contributed by atoms with Crippen LogP contribution in [-0.4, -0.2) is 0 Å². The fourth-order valence-corrected chi connectivity index (χ4v) is 2.01. The van der Waals surface area contributed by atoms with Crippen molar-refractivity contribution in [3.8, 4) is 0 Å². The van der Waals surface area contributed by atoms with Gasteiger partial charge >= 0.3 is 0 Å². The average Bonchev–Trinajstić information content (AvgIpc) is 2.16. The summed E-state index contributed by atoms with van der Waals surface area (Å²) in [4.78, 5) is 0. The molecule has 0 fully saturated rings. The molecule has 1 unspecified atom stereocenters. The fourth-order valence-electron chi connectivity index (χ4n) is 1.70. The highest BCUT2D eigenvalue weighted by molar-refractivity contribution is 6.31. The number of nitrogens with two attached hydrogens (primary N) is 1. The van der Waals surface area contributed by atoms with E-state index in [1.54, 1.807) is 6.07 Å². The van der Waals surface area contributed by atoms with Crippen LogP contribution >= 0.6 is 11.6 Å². The Morgan fingerprint density at radius 2 is 2.00 bits per heavy atom. The van der Waals surface area contributed by atoms with Gasteiger partial charge in [-0.05, 0) is 30.0 Å². The molecule has 0 amide bonds. The first-order chi connectivity index (χ1) is 7.50. The molecule has 0 spiro atoms. The summed E-state index contributed by atoms with van der Waals surface area (Å²) in [6, 6.07) is 4.31. The van der Waals surface area contributed by atoms with Crippen molar-refractivity contribution >= 4 is 11.6 Å². The summed E-state index contributed by atoms with van der Waals surface area (Å²) < 4.78 is 12.8. The second-order valence-electron chi connectivity index (χ2n) is 4.60. The van der Waals surface area contributed by atoms with Crippen molar-refractivity contribution in [1.82, 2.24) is 0 Å². The second kappa shape index (κ2) is 6.21. The van der Waals surface area contributed by atoms with Crippen molar-refractivity contribution < 1.29 is 4.39 Å². The van der Waals surface area contributed by atoms with Crippen LogP contribution in [0.5, 0.6) is 0 Å². The summed E-state index contributed by atoms with van der Waals surface area (Å²) >= 11 is 5.95. The van der Waals surface area contributed by atoms with Gasteiger partial charge in [0.15, 0.2) is 0 Å². The minimum Gasteiger partial charge on any atom is -0.324 e. The van der Waals surface area contributed by atoms with Crippen molar-refractivity contribution in [3.05, 3.63) is 34.6 Å². The van der Waals surface area contributed by atoms with E-state index in [4.69, 9.17) is 17.3 Å². The van der Waals surface area contributed by atoms with Crippen LogP contribution in [0.25, 0.3) is 0 Å². The highest BCUT2D eigenvalue weighted by Crippen LogP contribution is 2.26. The minimum atomic E-state index is -0.317. The predicted octanol–water partition coefficient (Wildman–Crippen LogP) is 4.31. The van der Waals surface area contributed by atoms with Crippen LogP contribution in [0.2, 0.25) is 5.02 Å². The lowest BCUT2D eigenvalue weighted by Crippen LogP contribution is -2.11. The molecular formula is C13H19ClFN. The first kappa shape index (κ1) is 13.5. The van der Waals surface area contributed by atoms with E-state index in [0.717, 1.165) is 24.8 Å². The predicted molar refractivity (Wildman–Crippen MR) is 67.0 cm³/mol. The van der Waals surface area contributed by atoms with Crippen molar-refractivity contribution in [1.29, 1.82) is 0 Å². The van der Waals surface area contributed by atoms with Crippen LogP contribution in [0.1, 0.15) is 44.7 Å². The van der Waals surface area contributed by atoms with E-state index in [9.17, 15) is 4.39 Å². The standard InChI is InChI=1S/C13H19ClFN/c1-9(2)4-3-5-13(16)11-7-6-10(15)8-12(11)14/h6-9,13H,3-5,16H2,1-2H3. The molecule has 0 saturated carbocycles. The maximum atomic E-state index is 12.8. The second-order valence-corrected chi connectivity index (χ2v) is 5.00. The third-order valence-electron chi connectivity index (χ3n) is 2.66. The van der Waals surface area contributed by atoms with Gasteiger partial charge in [0.05, 0.1) is 0 Å². The molecule has 1 rings (SSSR count). The quantitative estimate of drug-likeness (QED) is 0.820. The van der Waals surface area contributed by atoms with E-state index in [2.05, 4.69) is 13.8 Å². The van der Waals surface area contributed by atoms with Gasteiger partial charge in [-0.2, -0.15) is 0 Å². The molecule has 1 aromatic rings. The summed E-state index contributed by atoms with van der Waals surface area (Å²) in [5.74, 6) is 0.374. The Bertz CT molecular complexity index is 339. The van der Waals surface area contributed by atoms with Gasteiger partial charge in [-0.25, -0.2) is 4.39 Å². The monoisotopic (exact) mass is 243 g/mol. The maximum Gasteiger partial charge on any atom is 0.124 e. The van der Waals surface area contributed by atoms with Crippen LogP contribution in [-0.2, 0) is 0 Å². The molecule has 0 aliphatic rings. The number of hydrogen-bond acceptors (Lipinski definition) is 1. The number of benzene rings is 1. The maximum absolute atomic E-state index is 12.8. The zero-order valence-electron chi connectivity index (χ0n) is 9.84. The highest BCUT2D eigenvalue weighted by atomic mass is 35.5. The van der Waals surface area contributed by atoms with Crippen molar-refractivity contribution in [2.75, 3.05) is 0 Å². The molecule has 16 heavy (non-hydrogen) atoms. The van der Waals surface area contributed by atoms with Crippen molar-refractivity contribution in [2.24, 2.45) is 11.7 Å². The minimum absolute atomic E-state index is 0.0909. The SMILES string of the molecule is CC(C)CCCC(N)c1ccc(F)cc1Cl. The van der Waals surface area contributed by atoms with Gasteiger partial charge in [-0.1, -0.05) is 44.4 Å². The van der Waals surface area contributed by atoms with E-state index < -0.39 is 0 Å². The van der Waals surface area contributed by atoms with E-state index in [-0.39, 0.29) is 11.9 Å². The molecule has 1 nitrogen and oxygen atoms in total. The molecule has 90 valence electrons. The molecule has 1 aromatic carbocycles. The van der Waals surface area contributed by atoms with Gasteiger partial charge < -0.3 is 5.73 Å². The van der Waals surface area contributed by atoms with E-state index in [1.165, 1.54) is 12.1 Å². The molecule has 0 bridgehead atoms. The van der Waals surface area contributed by atoms with Gasteiger partial charge in [0, 0.05) is 11.1 Å². The molecule has 0 saturated heterocycles. The zero-order valence-corrected chi connectivity index (χ0v) is 10.6. The first-order valence-corrected chi connectivity index (χ1v) is 6.09. The van der Waals surface area contributed by atoms with Crippen LogP contribution in [0.4, 0.5) is 4.39 Å². The van der Waals surface area contributed by atoms with Crippen molar-refractivity contribution in [2.45, 2.75) is 39.2 Å². The Balaban J connectivity index is 2.55. The van der Waals surface area contributed by atoms with Crippen LogP contribution < -0.4 is 5.73 Å². The normalized spacial score (nSPS) is 13.1. The summed E-state index contributed by atoms with van der Waals surface area (Å²) in [6.45, 7) is 4.38. The molecule has 1 atom stereocenters. The molecule has 0 radical (unpaired) electrons. The Labute approximate surface area is 102 Å². The average molecular weight is 244 g/mol. The summed E-state index contributed by atoms with van der Waals surface area (Å²) in [6.07, 6.45) is 3.13. The van der Waals surface area contributed by atoms with E-state index in [0.29, 0.717) is 10.9 Å². The number of hydrogen-bond donors (Lipinski definition) is 1. The molecular weight excluding hydrogens is 225 g/mol. The fraction of sp³-hybridized carbons (Fsp3) is 0.538. The Morgan fingerprint density at radius 3 is 2.56 bits per heavy atom. The van der Waals surface area contributed by atoms with Crippen molar-refractivity contribution in [3.63, 3.8) is 0 Å². The zero-order chi connectivity index (χ0) is 12.1. The smallest absolute Gasteiger partial charge is 0.124 e. The lowest BCUT2D eigenvalue weighted by atomic mass is 9.99. The van der Waals surface area contributed by atoms with Gasteiger partial charge in [0.1, 0.15) is 5.82 Å². The molecule has 0 heterocycles. The number of halogens is 2. The topological polar surface area (TPSA) is 26.0 Å². The van der Waals surface area contributed by atoms with Gasteiger partial charge in [-0.15, -0.1) is 0 Å². The van der Waals surface area contributed by atoms with E-state index >= 15 is 0 Å². The van der Waals surface area contributed by atoms with Crippen LogP contribution in [0, 0.1) is 11.7 Å². The van der Waals surface area contributed by atoms with E-state index in [1.807, 2.05) is 0 Å². The Morgan fingerprint density at radius 1 is 1.31 bits per heavy atom. The summed E-state index contributed by atoms with van der Waals surface area (Å²) in [7, 11) is 0. The number of rotatable bonds is 5. The molecule has 2 N–H and O–H groups in total. The van der Waals surface area contributed by atoms with Crippen LogP contribution in [0.3, 0.4) is 0 Å². The third-order valence-corrected chi connectivity index (χ3v) is 2.99. The summed E-state index contributed by atoms with van der Waals surface area (Å²) in [5.41, 5.74) is 6.86. The molecule has 0 aliphatic heterocycles. The lowest BCUT2D eigenvalue weighted by molar-refractivity contribution is 0.505. The van der Waals surface area contributed by atoms with Gasteiger partial charge in [0.25, 0.3) is 0 Å².